The number of amides is 2. The Morgan fingerprint density at radius 3 is 2.45 bits per heavy atom. The fraction of sp³-hybridized carbons (Fsp3) is 0.643. The Bertz CT molecular complexity index is 387. The van der Waals surface area contributed by atoms with Crippen LogP contribution in [-0.4, -0.2) is 45.7 Å². The Morgan fingerprint density at radius 2 is 1.90 bits per heavy atom. The molecular weight excluding hydrogens is 256 g/mol. The number of urea groups is 1. The van der Waals surface area contributed by atoms with Gasteiger partial charge in [0, 0.05) is 26.1 Å². The van der Waals surface area contributed by atoms with Gasteiger partial charge in [0.15, 0.2) is 0 Å². The third kappa shape index (κ3) is 5.52. The van der Waals surface area contributed by atoms with E-state index in [0.717, 1.165) is 25.1 Å². The smallest absolute Gasteiger partial charge is 0.321 e. The standard InChI is InChI=1S/C14H24N4O2/c1-3-5-7-18(8-6-9-19)14(20)17-12-10-15-13(4-2)16-11-12/h10-11,19H,3-9H2,1-2H3,(H,17,20). The van der Waals surface area contributed by atoms with Gasteiger partial charge in [0.25, 0.3) is 0 Å². The van der Waals surface area contributed by atoms with Gasteiger partial charge in [-0.3, -0.25) is 0 Å². The van der Waals surface area contributed by atoms with E-state index in [1.807, 2.05) is 6.92 Å². The molecule has 1 aromatic rings. The molecule has 0 fully saturated rings. The fourth-order valence-corrected chi connectivity index (χ4v) is 1.73. The molecule has 1 aromatic heterocycles. The van der Waals surface area contributed by atoms with Gasteiger partial charge in [-0.15, -0.1) is 0 Å². The summed E-state index contributed by atoms with van der Waals surface area (Å²) < 4.78 is 0. The van der Waals surface area contributed by atoms with Crippen LogP contribution in [0.3, 0.4) is 0 Å². The molecule has 0 spiro atoms. The maximum atomic E-state index is 12.2. The molecule has 6 heteroatoms. The third-order valence-electron chi connectivity index (χ3n) is 2.93. The van der Waals surface area contributed by atoms with E-state index >= 15 is 0 Å². The molecule has 0 radical (unpaired) electrons. The summed E-state index contributed by atoms with van der Waals surface area (Å²) in [6.45, 7) is 5.39. The van der Waals surface area contributed by atoms with Crippen molar-refractivity contribution < 1.29 is 9.90 Å². The summed E-state index contributed by atoms with van der Waals surface area (Å²) in [5.74, 6) is 0.756. The molecule has 0 aliphatic carbocycles. The van der Waals surface area contributed by atoms with Gasteiger partial charge in [-0.25, -0.2) is 14.8 Å². The molecule has 0 atom stereocenters. The first-order valence-electron chi connectivity index (χ1n) is 7.19. The molecule has 0 aliphatic heterocycles. The minimum absolute atomic E-state index is 0.0875. The number of aliphatic hydroxyl groups is 1. The van der Waals surface area contributed by atoms with Crippen LogP contribution >= 0.6 is 0 Å². The zero-order valence-electron chi connectivity index (χ0n) is 12.3. The Kier molecular flexibility index (Phi) is 7.57. The topological polar surface area (TPSA) is 78.4 Å². The van der Waals surface area contributed by atoms with E-state index in [1.165, 1.54) is 0 Å². The number of nitrogens with one attached hydrogen (secondary N) is 1. The lowest BCUT2D eigenvalue weighted by atomic mass is 10.3. The molecule has 2 amide bonds. The van der Waals surface area contributed by atoms with Gasteiger partial charge in [0.05, 0.1) is 18.1 Å². The van der Waals surface area contributed by atoms with E-state index < -0.39 is 0 Å². The zero-order valence-corrected chi connectivity index (χ0v) is 12.3. The Labute approximate surface area is 120 Å². The Morgan fingerprint density at radius 1 is 1.25 bits per heavy atom. The van der Waals surface area contributed by atoms with Crippen LogP contribution < -0.4 is 5.32 Å². The van der Waals surface area contributed by atoms with Gasteiger partial charge in [0.1, 0.15) is 5.82 Å². The van der Waals surface area contributed by atoms with Crippen LogP contribution in [0.25, 0.3) is 0 Å². The van der Waals surface area contributed by atoms with Crippen molar-refractivity contribution in [2.45, 2.75) is 39.5 Å². The van der Waals surface area contributed by atoms with Crippen LogP contribution in [0, 0.1) is 0 Å². The van der Waals surface area contributed by atoms with Gasteiger partial charge in [0.2, 0.25) is 0 Å². The first-order chi connectivity index (χ1) is 9.71. The summed E-state index contributed by atoms with van der Waals surface area (Å²) in [6.07, 6.45) is 6.57. The van der Waals surface area contributed by atoms with Crippen LogP contribution in [0.15, 0.2) is 12.4 Å². The van der Waals surface area contributed by atoms with E-state index in [0.29, 0.717) is 25.2 Å². The Hall–Kier alpha value is -1.69. The number of nitrogens with zero attached hydrogens (tertiary/aromatic N) is 3. The van der Waals surface area contributed by atoms with Gasteiger partial charge < -0.3 is 15.3 Å². The number of unbranched alkanes of at least 4 members (excludes halogenated alkanes) is 1. The van der Waals surface area contributed by atoms with Crippen molar-refractivity contribution in [2.75, 3.05) is 25.0 Å². The van der Waals surface area contributed by atoms with E-state index in [1.54, 1.807) is 17.3 Å². The molecule has 112 valence electrons. The van der Waals surface area contributed by atoms with Crippen molar-refractivity contribution in [3.05, 3.63) is 18.2 Å². The van der Waals surface area contributed by atoms with Gasteiger partial charge in [-0.05, 0) is 12.8 Å². The lowest BCUT2D eigenvalue weighted by Gasteiger charge is -2.22. The summed E-state index contributed by atoms with van der Waals surface area (Å²) in [7, 11) is 0. The van der Waals surface area contributed by atoms with Crippen LogP contribution in [0.4, 0.5) is 10.5 Å². The molecule has 0 bridgehead atoms. The second kappa shape index (κ2) is 9.25. The van der Waals surface area contributed by atoms with Gasteiger partial charge in [-0.1, -0.05) is 20.3 Å². The van der Waals surface area contributed by atoms with E-state index in [2.05, 4.69) is 22.2 Å². The molecule has 20 heavy (non-hydrogen) atoms. The number of carbonyl (C=O) groups excluding carboxylic acids is 1. The molecule has 0 saturated carbocycles. The number of aromatic nitrogens is 2. The number of rotatable bonds is 8. The van der Waals surface area contributed by atoms with Crippen molar-refractivity contribution in [1.29, 1.82) is 0 Å². The van der Waals surface area contributed by atoms with Gasteiger partial charge >= 0.3 is 6.03 Å². The molecule has 0 aliphatic rings. The molecule has 6 nitrogen and oxygen atoms in total. The molecule has 2 N–H and O–H groups in total. The SMILES string of the molecule is CCCCN(CCCO)C(=O)Nc1cnc(CC)nc1. The fourth-order valence-electron chi connectivity index (χ4n) is 1.73. The van der Waals surface area contributed by atoms with Gasteiger partial charge in [-0.2, -0.15) is 0 Å². The number of hydrogen-bond donors (Lipinski definition) is 2. The normalized spacial score (nSPS) is 10.3. The largest absolute Gasteiger partial charge is 0.396 e. The van der Waals surface area contributed by atoms with E-state index in [4.69, 9.17) is 5.11 Å². The van der Waals surface area contributed by atoms with Crippen molar-refractivity contribution in [3.63, 3.8) is 0 Å². The third-order valence-corrected chi connectivity index (χ3v) is 2.93. The van der Waals surface area contributed by atoms with Crippen LogP contribution in [-0.2, 0) is 6.42 Å². The van der Waals surface area contributed by atoms with Crippen LogP contribution in [0.5, 0.6) is 0 Å². The maximum Gasteiger partial charge on any atom is 0.321 e. The summed E-state index contributed by atoms with van der Waals surface area (Å²) in [5.41, 5.74) is 0.595. The second-order valence-corrected chi connectivity index (χ2v) is 4.59. The first kappa shape index (κ1) is 16.4. The predicted octanol–water partition coefficient (Wildman–Crippen LogP) is 2.06. The highest BCUT2D eigenvalue weighted by Crippen LogP contribution is 2.06. The molecule has 0 aromatic carbocycles. The van der Waals surface area contributed by atoms with Crippen molar-refractivity contribution in [2.24, 2.45) is 0 Å². The minimum Gasteiger partial charge on any atom is -0.396 e. The maximum absolute atomic E-state index is 12.2. The summed E-state index contributed by atoms with van der Waals surface area (Å²) >= 11 is 0. The Balaban J connectivity index is 2.58. The quantitative estimate of drug-likeness (QED) is 0.764. The molecule has 0 saturated heterocycles. The van der Waals surface area contributed by atoms with Crippen molar-refractivity contribution in [3.8, 4) is 0 Å². The van der Waals surface area contributed by atoms with E-state index in [-0.39, 0.29) is 12.6 Å². The molecular formula is C14H24N4O2. The lowest BCUT2D eigenvalue weighted by molar-refractivity contribution is 0.201. The number of anilines is 1. The summed E-state index contributed by atoms with van der Waals surface area (Å²) in [6, 6.07) is -0.167. The number of hydrogen-bond acceptors (Lipinski definition) is 4. The average molecular weight is 280 g/mol. The predicted molar refractivity (Wildman–Crippen MR) is 78.6 cm³/mol. The highest BCUT2D eigenvalue weighted by molar-refractivity contribution is 5.88. The van der Waals surface area contributed by atoms with Crippen LogP contribution in [0.1, 0.15) is 38.9 Å². The summed E-state index contributed by atoms with van der Waals surface area (Å²) in [5, 5.41) is 11.7. The van der Waals surface area contributed by atoms with Crippen molar-refractivity contribution in [1.82, 2.24) is 14.9 Å². The number of aliphatic hydroxyl groups excluding tert-OH is 1. The lowest BCUT2D eigenvalue weighted by Crippen LogP contribution is -2.36. The number of aryl methyl sites for hydroxylation is 1. The molecule has 1 rings (SSSR count). The first-order valence-corrected chi connectivity index (χ1v) is 7.19. The van der Waals surface area contributed by atoms with Crippen molar-refractivity contribution >= 4 is 11.7 Å². The highest BCUT2D eigenvalue weighted by Gasteiger charge is 2.12. The number of carbonyl (C=O) groups is 1. The monoisotopic (exact) mass is 280 g/mol. The molecule has 0 unspecified atom stereocenters. The van der Waals surface area contributed by atoms with E-state index in [9.17, 15) is 4.79 Å². The highest BCUT2D eigenvalue weighted by atomic mass is 16.3. The summed E-state index contributed by atoms with van der Waals surface area (Å²) in [4.78, 5) is 22.2. The van der Waals surface area contributed by atoms with Crippen LogP contribution in [0.2, 0.25) is 0 Å². The molecule has 1 heterocycles. The zero-order chi connectivity index (χ0) is 14.8. The minimum atomic E-state index is -0.167. The second-order valence-electron chi connectivity index (χ2n) is 4.59. The average Bonchev–Trinajstić information content (AvgIpc) is 2.48.